The Bertz CT molecular complexity index is 1310. The van der Waals surface area contributed by atoms with Gasteiger partial charge >= 0.3 is 11.9 Å². The quantitative estimate of drug-likeness (QED) is 0.0204. The van der Waals surface area contributed by atoms with Crippen LogP contribution in [0.5, 0.6) is 5.75 Å². The van der Waals surface area contributed by atoms with Gasteiger partial charge in [0.25, 0.3) is 5.91 Å². The fourth-order valence-corrected chi connectivity index (χ4v) is 4.77. The number of carboxylic acids is 1. The number of nitrogens with zero attached hydrogens (tertiary/aromatic N) is 3. The third-order valence-corrected chi connectivity index (χ3v) is 7.46. The van der Waals surface area contributed by atoms with E-state index in [0.29, 0.717) is 64.1 Å². The predicted octanol–water partition coefficient (Wildman–Crippen LogP) is 2.14. The second kappa shape index (κ2) is 32.0. The summed E-state index contributed by atoms with van der Waals surface area (Å²) in [6.07, 6.45) is 8.32. The lowest BCUT2D eigenvalue weighted by molar-refractivity contribution is -0.148. The molecule has 0 aromatic heterocycles. The van der Waals surface area contributed by atoms with Gasteiger partial charge in [0.05, 0.1) is 72.6 Å². The molecule has 0 fully saturated rings. The summed E-state index contributed by atoms with van der Waals surface area (Å²) in [4.78, 5) is 49.8. The van der Waals surface area contributed by atoms with Gasteiger partial charge in [0.15, 0.2) is 6.23 Å². The second-order valence-electron chi connectivity index (χ2n) is 11.9. The molecule has 2 amide bonds. The zero-order chi connectivity index (χ0) is 39.6. The molecule has 2 rings (SSSR count). The SMILES string of the molecule is [N-]=[N+]=NC(COc1cccc(C(=O)NCCNC(=O)CCOCCOCCOCCOCCNCC(=O)OC2CC/C=C\CCC2)c1)OCCOCC(=O)O. The van der Waals surface area contributed by atoms with Crippen molar-refractivity contribution < 1.29 is 62.2 Å². The van der Waals surface area contributed by atoms with Gasteiger partial charge < -0.3 is 59.0 Å². The molecule has 308 valence electrons. The van der Waals surface area contributed by atoms with Crippen molar-refractivity contribution >= 4 is 23.8 Å². The van der Waals surface area contributed by atoms with E-state index < -0.39 is 18.8 Å². The highest BCUT2D eigenvalue weighted by atomic mass is 16.6. The van der Waals surface area contributed by atoms with Crippen LogP contribution in [0.2, 0.25) is 0 Å². The Morgan fingerprint density at radius 2 is 1.53 bits per heavy atom. The summed E-state index contributed by atoms with van der Waals surface area (Å²) in [7, 11) is 0. The molecule has 4 N–H and O–H groups in total. The summed E-state index contributed by atoms with van der Waals surface area (Å²) < 4.78 is 43.2. The smallest absolute Gasteiger partial charge is 0.329 e. The lowest BCUT2D eigenvalue weighted by Gasteiger charge is -2.18. The molecular weight excluding hydrogens is 724 g/mol. The third kappa shape index (κ3) is 26.2. The Balaban J connectivity index is 1.38. The molecule has 19 nitrogen and oxygen atoms in total. The number of rotatable bonds is 32. The third-order valence-electron chi connectivity index (χ3n) is 7.46. The van der Waals surface area contributed by atoms with E-state index in [0.717, 1.165) is 32.1 Å². The predicted molar refractivity (Wildman–Crippen MR) is 197 cm³/mol. The summed E-state index contributed by atoms with van der Waals surface area (Å²) >= 11 is 0. The van der Waals surface area contributed by atoms with Crippen molar-refractivity contribution in [3.05, 3.63) is 52.4 Å². The molecular formula is C36H56N6O13. The minimum atomic E-state index is -1.11. The summed E-state index contributed by atoms with van der Waals surface area (Å²) in [5, 5.41) is 20.5. The van der Waals surface area contributed by atoms with Gasteiger partial charge in [-0.3, -0.25) is 14.4 Å². The first-order valence-electron chi connectivity index (χ1n) is 18.5. The number of esters is 1. The standard InChI is InChI=1S/C36H56N6O13/c37-42-41-33(53-24-23-52-28-34(44)45)27-54-31-10-6-7-29(25-31)36(47)40-13-12-39-32(43)11-15-48-17-19-50-21-22-51-20-18-49-16-14-38-26-35(46)55-30-8-4-2-1-3-5-9-30/h1-2,6-7,10,25,30,33,38H,3-5,8-9,11-24,26-28H2,(H,39,43)(H,40,47)(H,44,45)/b2-1-. The molecule has 19 heteroatoms. The van der Waals surface area contributed by atoms with Crippen LogP contribution >= 0.6 is 0 Å². The van der Waals surface area contributed by atoms with Gasteiger partial charge in [-0.2, -0.15) is 0 Å². The van der Waals surface area contributed by atoms with Crippen LogP contribution in [0.4, 0.5) is 0 Å². The number of nitrogens with one attached hydrogen (secondary N) is 3. The van der Waals surface area contributed by atoms with Crippen LogP contribution in [-0.2, 0) is 47.5 Å². The van der Waals surface area contributed by atoms with E-state index in [2.05, 4.69) is 38.1 Å². The lowest BCUT2D eigenvalue weighted by Crippen LogP contribution is -2.35. The summed E-state index contributed by atoms with van der Waals surface area (Å²) in [6, 6.07) is 6.33. The topological polar surface area (TPSA) is 247 Å². The van der Waals surface area contributed by atoms with Crippen LogP contribution in [0, 0.1) is 0 Å². The number of hydrogen-bond donors (Lipinski definition) is 4. The molecule has 55 heavy (non-hydrogen) atoms. The summed E-state index contributed by atoms with van der Waals surface area (Å²) in [5.41, 5.74) is 9.06. The molecule has 1 aliphatic carbocycles. The first kappa shape index (κ1) is 46.8. The van der Waals surface area contributed by atoms with Crippen LogP contribution < -0.4 is 20.7 Å². The molecule has 1 aromatic carbocycles. The first-order chi connectivity index (χ1) is 26.9. The zero-order valence-electron chi connectivity index (χ0n) is 31.4. The molecule has 1 aromatic rings. The molecule has 0 spiro atoms. The van der Waals surface area contributed by atoms with Crippen molar-refractivity contribution in [3.8, 4) is 5.75 Å². The first-order valence-corrected chi connectivity index (χ1v) is 18.5. The molecule has 0 radical (unpaired) electrons. The Morgan fingerprint density at radius 1 is 0.836 bits per heavy atom. The van der Waals surface area contributed by atoms with Crippen LogP contribution in [0.1, 0.15) is 48.9 Å². The maximum atomic E-state index is 12.5. The van der Waals surface area contributed by atoms with E-state index in [9.17, 15) is 19.2 Å². The van der Waals surface area contributed by atoms with Crippen LogP contribution in [0.3, 0.4) is 0 Å². The second-order valence-corrected chi connectivity index (χ2v) is 11.9. The van der Waals surface area contributed by atoms with Crippen molar-refractivity contribution in [2.45, 2.75) is 50.9 Å². The number of hydrogen-bond acceptors (Lipinski definition) is 14. The minimum absolute atomic E-state index is 0.00369. The molecule has 0 bridgehead atoms. The fraction of sp³-hybridized carbons (Fsp3) is 0.667. The highest BCUT2D eigenvalue weighted by molar-refractivity contribution is 5.94. The Kier molecular flexibility index (Phi) is 27.2. The highest BCUT2D eigenvalue weighted by Crippen LogP contribution is 2.16. The minimum Gasteiger partial charge on any atom is -0.491 e. The maximum Gasteiger partial charge on any atom is 0.329 e. The van der Waals surface area contributed by atoms with E-state index in [1.807, 2.05) is 0 Å². The van der Waals surface area contributed by atoms with E-state index >= 15 is 0 Å². The van der Waals surface area contributed by atoms with Gasteiger partial charge in [-0.05, 0) is 55.8 Å². The molecule has 0 saturated carbocycles. The fourth-order valence-electron chi connectivity index (χ4n) is 4.77. The lowest BCUT2D eigenvalue weighted by atomic mass is 10.0. The number of benzene rings is 1. The maximum absolute atomic E-state index is 12.5. The van der Waals surface area contributed by atoms with Gasteiger partial charge in [-0.15, -0.1) is 0 Å². The Hall–Kier alpha value is -4.33. The highest BCUT2D eigenvalue weighted by Gasteiger charge is 2.15. The van der Waals surface area contributed by atoms with Gasteiger partial charge in [-0.1, -0.05) is 23.3 Å². The zero-order valence-corrected chi connectivity index (χ0v) is 31.4. The van der Waals surface area contributed by atoms with E-state index in [4.69, 9.17) is 48.5 Å². The average Bonchev–Trinajstić information content (AvgIpc) is 3.16. The molecule has 0 saturated heterocycles. The van der Waals surface area contributed by atoms with E-state index in [-0.39, 0.29) is 76.4 Å². The molecule has 2 unspecified atom stereocenters. The molecule has 0 heterocycles. The number of carboxylic acid groups (broad SMARTS) is 1. The van der Waals surface area contributed by atoms with Crippen molar-refractivity contribution in [1.82, 2.24) is 16.0 Å². The summed E-state index contributed by atoms with van der Waals surface area (Å²) in [6.45, 7) is 3.53. The average molecular weight is 781 g/mol. The van der Waals surface area contributed by atoms with Gasteiger partial charge in [0.2, 0.25) is 5.91 Å². The van der Waals surface area contributed by atoms with Crippen LogP contribution in [0.15, 0.2) is 41.5 Å². The monoisotopic (exact) mass is 780 g/mol. The largest absolute Gasteiger partial charge is 0.491 e. The number of ether oxygens (including phenoxy) is 8. The number of carbonyl (C=O) groups is 4. The normalized spacial score (nSPS) is 15.1. The summed E-state index contributed by atoms with van der Waals surface area (Å²) in [5.74, 6) is -1.60. The van der Waals surface area contributed by atoms with Crippen molar-refractivity contribution in [3.63, 3.8) is 0 Å². The molecule has 0 aliphatic heterocycles. The number of carbonyl (C=O) groups excluding carboxylic acids is 3. The van der Waals surface area contributed by atoms with Gasteiger partial charge in [0, 0.05) is 36.5 Å². The number of aliphatic carboxylic acids is 1. The van der Waals surface area contributed by atoms with Crippen molar-refractivity contribution in [2.75, 3.05) is 105 Å². The van der Waals surface area contributed by atoms with Gasteiger partial charge in [-0.25, -0.2) is 4.79 Å². The number of allylic oxidation sites excluding steroid dienone is 2. The molecule has 2 atom stereocenters. The van der Waals surface area contributed by atoms with Crippen molar-refractivity contribution in [1.29, 1.82) is 0 Å². The van der Waals surface area contributed by atoms with E-state index in [1.165, 1.54) is 6.07 Å². The van der Waals surface area contributed by atoms with Gasteiger partial charge in [0.1, 0.15) is 25.1 Å². The number of amides is 2. The van der Waals surface area contributed by atoms with Crippen LogP contribution in [0.25, 0.3) is 10.4 Å². The van der Waals surface area contributed by atoms with E-state index in [1.54, 1.807) is 18.2 Å². The van der Waals surface area contributed by atoms with Crippen LogP contribution in [-0.4, -0.2) is 147 Å². The molecule has 1 aliphatic rings. The Morgan fingerprint density at radius 3 is 2.27 bits per heavy atom. The Labute approximate surface area is 321 Å². The van der Waals surface area contributed by atoms with Crippen molar-refractivity contribution in [2.24, 2.45) is 5.11 Å². The number of azide groups is 1.